The van der Waals surface area contributed by atoms with E-state index in [-0.39, 0.29) is 5.75 Å². The molecular weight excluding hydrogens is 355 g/mol. The van der Waals surface area contributed by atoms with Crippen molar-refractivity contribution in [3.63, 3.8) is 0 Å². The highest BCUT2D eigenvalue weighted by Crippen LogP contribution is 2.14. The van der Waals surface area contributed by atoms with Gasteiger partial charge in [0.15, 0.2) is 18.2 Å². The summed E-state index contributed by atoms with van der Waals surface area (Å²) in [5.41, 5.74) is 4.82. The number of halogens is 2. The summed E-state index contributed by atoms with van der Waals surface area (Å²) in [6.07, 6.45) is 0. The Morgan fingerprint density at radius 2 is 1.73 bits per heavy atom. The maximum Gasteiger partial charge on any atom is 0.276 e. The Morgan fingerprint density at radius 1 is 1.05 bits per heavy atom. The van der Waals surface area contributed by atoms with Crippen molar-refractivity contribution >= 4 is 27.7 Å². The van der Waals surface area contributed by atoms with E-state index in [0.717, 1.165) is 4.47 Å². The van der Waals surface area contributed by atoms with Crippen LogP contribution in [0.25, 0.3) is 0 Å². The topological polar surface area (TPSA) is 67.4 Å². The van der Waals surface area contributed by atoms with Crippen LogP contribution in [-0.4, -0.2) is 18.4 Å². The Kier molecular flexibility index (Phi) is 5.48. The lowest BCUT2D eigenvalue weighted by Gasteiger charge is -2.09. The van der Waals surface area contributed by atoms with E-state index in [0.29, 0.717) is 5.56 Å². The van der Waals surface area contributed by atoms with Gasteiger partial charge in [0.05, 0.1) is 0 Å². The normalized spacial score (nSPS) is 9.91. The van der Waals surface area contributed by atoms with E-state index < -0.39 is 24.2 Å². The van der Waals surface area contributed by atoms with Crippen molar-refractivity contribution in [3.8, 4) is 5.75 Å². The van der Waals surface area contributed by atoms with Crippen molar-refractivity contribution in [1.29, 1.82) is 0 Å². The van der Waals surface area contributed by atoms with Crippen molar-refractivity contribution in [2.24, 2.45) is 0 Å². The SMILES string of the molecule is O=C(COc1ccccc1F)NNC(=O)c1ccc(Br)cc1. The molecule has 0 unspecified atom stereocenters. The second-order valence-electron chi connectivity index (χ2n) is 4.23. The van der Waals surface area contributed by atoms with E-state index >= 15 is 0 Å². The fourth-order valence-corrected chi connectivity index (χ4v) is 1.81. The molecule has 0 spiro atoms. The minimum atomic E-state index is -0.603. The lowest BCUT2D eigenvalue weighted by molar-refractivity contribution is -0.123. The van der Waals surface area contributed by atoms with Crippen LogP contribution in [-0.2, 0) is 4.79 Å². The average molecular weight is 367 g/mol. The molecule has 0 aliphatic carbocycles. The lowest BCUT2D eigenvalue weighted by atomic mass is 10.2. The number of amides is 2. The quantitative estimate of drug-likeness (QED) is 0.816. The maximum absolute atomic E-state index is 13.3. The highest BCUT2D eigenvalue weighted by atomic mass is 79.9. The van der Waals surface area contributed by atoms with E-state index in [1.165, 1.54) is 18.2 Å². The molecule has 114 valence electrons. The molecule has 0 aromatic heterocycles. The van der Waals surface area contributed by atoms with Crippen molar-refractivity contribution in [1.82, 2.24) is 10.9 Å². The molecule has 0 aliphatic rings. The molecule has 5 nitrogen and oxygen atoms in total. The third-order valence-corrected chi connectivity index (χ3v) is 3.15. The number of nitrogens with one attached hydrogen (secondary N) is 2. The van der Waals surface area contributed by atoms with Gasteiger partial charge in [-0.05, 0) is 36.4 Å². The van der Waals surface area contributed by atoms with Crippen molar-refractivity contribution in [3.05, 3.63) is 64.4 Å². The van der Waals surface area contributed by atoms with Gasteiger partial charge in [0.1, 0.15) is 0 Å². The highest BCUT2D eigenvalue weighted by Gasteiger charge is 2.09. The summed E-state index contributed by atoms with van der Waals surface area (Å²) in [6.45, 7) is -0.415. The van der Waals surface area contributed by atoms with Gasteiger partial charge in [-0.3, -0.25) is 20.4 Å². The number of benzene rings is 2. The van der Waals surface area contributed by atoms with Crippen molar-refractivity contribution in [2.45, 2.75) is 0 Å². The van der Waals surface area contributed by atoms with Crippen LogP contribution >= 0.6 is 15.9 Å². The number of rotatable bonds is 4. The molecule has 2 aromatic carbocycles. The molecule has 2 N–H and O–H groups in total. The van der Waals surface area contributed by atoms with Crippen molar-refractivity contribution in [2.75, 3.05) is 6.61 Å². The molecule has 0 bridgehead atoms. The third-order valence-electron chi connectivity index (χ3n) is 2.62. The van der Waals surface area contributed by atoms with Crippen LogP contribution in [0, 0.1) is 5.82 Å². The standard InChI is InChI=1S/C15H12BrFN2O3/c16-11-7-5-10(6-8-11)15(21)19-18-14(20)9-22-13-4-2-1-3-12(13)17/h1-8H,9H2,(H,18,20)(H,19,21). The van der Waals surface area contributed by atoms with Crippen LogP contribution in [0.2, 0.25) is 0 Å². The van der Waals surface area contributed by atoms with Crippen LogP contribution in [0.1, 0.15) is 10.4 Å². The summed E-state index contributed by atoms with van der Waals surface area (Å²) >= 11 is 3.26. The molecule has 2 aromatic rings. The first-order valence-electron chi connectivity index (χ1n) is 6.28. The summed E-state index contributed by atoms with van der Waals surface area (Å²) in [5, 5.41) is 0. The van der Waals surface area contributed by atoms with Gasteiger partial charge in [0.2, 0.25) is 0 Å². The molecule has 7 heteroatoms. The van der Waals surface area contributed by atoms with Crippen LogP contribution in [0.4, 0.5) is 4.39 Å². The lowest BCUT2D eigenvalue weighted by Crippen LogP contribution is -2.43. The van der Waals surface area contributed by atoms with E-state index in [1.807, 2.05) is 0 Å². The molecule has 0 heterocycles. The zero-order valence-corrected chi connectivity index (χ0v) is 12.9. The van der Waals surface area contributed by atoms with Crippen LogP contribution in [0.15, 0.2) is 53.0 Å². The number of hydrazine groups is 1. The first-order chi connectivity index (χ1) is 10.6. The van der Waals surface area contributed by atoms with Gasteiger partial charge in [-0.2, -0.15) is 0 Å². The van der Waals surface area contributed by atoms with Crippen molar-refractivity contribution < 1.29 is 18.7 Å². The van der Waals surface area contributed by atoms with Gasteiger partial charge < -0.3 is 4.74 Å². The van der Waals surface area contributed by atoms with E-state index in [4.69, 9.17) is 4.74 Å². The van der Waals surface area contributed by atoms with Gasteiger partial charge in [-0.15, -0.1) is 0 Å². The summed E-state index contributed by atoms with van der Waals surface area (Å²) in [4.78, 5) is 23.3. The minimum Gasteiger partial charge on any atom is -0.481 e. The molecule has 0 atom stereocenters. The Hall–Kier alpha value is -2.41. The van der Waals surface area contributed by atoms with Gasteiger partial charge in [0.25, 0.3) is 11.8 Å². The van der Waals surface area contributed by atoms with Crippen LogP contribution < -0.4 is 15.6 Å². The smallest absolute Gasteiger partial charge is 0.276 e. The van der Waals surface area contributed by atoms with Gasteiger partial charge in [0, 0.05) is 10.0 Å². The van der Waals surface area contributed by atoms with Crippen LogP contribution in [0.5, 0.6) is 5.75 Å². The summed E-state index contributed by atoms with van der Waals surface area (Å²) in [6, 6.07) is 12.3. The highest BCUT2D eigenvalue weighted by molar-refractivity contribution is 9.10. The number of para-hydroxylation sites is 1. The minimum absolute atomic E-state index is 0.0307. The molecule has 22 heavy (non-hydrogen) atoms. The fraction of sp³-hybridized carbons (Fsp3) is 0.0667. The largest absolute Gasteiger partial charge is 0.481 e. The molecule has 2 rings (SSSR count). The zero-order chi connectivity index (χ0) is 15.9. The predicted molar refractivity (Wildman–Crippen MR) is 81.6 cm³/mol. The number of ether oxygens (including phenoxy) is 1. The average Bonchev–Trinajstić information content (AvgIpc) is 2.52. The van der Waals surface area contributed by atoms with Crippen LogP contribution in [0.3, 0.4) is 0 Å². The Labute approximate surface area is 134 Å². The summed E-state index contributed by atoms with van der Waals surface area (Å²) in [7, 11) is 0. The molecule has 2 amide bonds. The maximum atomic E-state index is 13.3. The monoisotopic (exact) mass is 366 g/mol. The predicted octanol–water partition coefficient (Wildman–Crippen LogP) is 2.43. The van der Waals surface area contributed by atoms with Gasteiger partial charge in [-0.25, -0.2) is 4.39 Å². The Bertz CT molecular complexity index is 677. The Morgan fingerprint density at radius 3 is 2.41 bits per heavy atom. The second-order valence-corrected chi connectivity index (χ2v) is 5.14. The molecule has 0 fully saturated rings. The van der Waals surface area contributed by atoms with Gasteiger partial charge in [-0.1, -0.05) is 28.1 Å². The molecule has 0 saturated carbocycles. The second kappa shape index (κ2) is 7.56. The van der Waals surface area contributed by atoms with E-state index in [1.54, 1.807) is 30.3 Å². The zero-order valence-electron chi connectivity index (χ0n) is 11.3. The third kappa shape index (κ3) is 4.56. The Balaban J connectivity index is 1.79. The molecule has 0 aliphatic heterocycles. The number of carbonyl (C=O) groups excluding carboxylic acids is 2. The van der Waals surface area contributed by atoms with Gasteiger partial charge >= 0.3 is 0 Å². The number of hydrogen-bond acceptors (Lipinski definition) is 3. The first-order valence-corrected chi connectivity index (χ1v) is 7.07. The number of carbonyl (C=O) groups is 2. The van der Waals surface area contributed by atoms with E-state index in [9.17, 15) is 14.0 Å². The first kappa shape index (κ1) is 16.0. The number of hydrogen-bond donors (Lipinski definition) is 2. The summed E-state index contributed by atoms with van der Waals surface area (Å²) < 4.78 is 19.1. The summed E-state index contributed by atoms with van der Waals surface area (Å²) in [5.74, 6) is -1.66. The van der Waals surface area contributed by atoms with E-state index in [2.05, 4.69) is 26.8 Å². The molecular formula is C15H12BrFN2O3. The molecule has 0 radical (unpaired) electrons. The fourth-order valence-electron chi connectivity index (χ4n) is 1.54. The molecule has 0 saturated heterocycles.